The summed E-state index contributed by atoms with van der Waals surface area (Å²) in [6.07, 6.45) is 1.61. The van der Waals surface area contributed by atoms with Gasteiger partial charge in [-0.25, -0.2) is 4.39 Å². The molecule has 0 radical (unpaired) electrons. The number of nitrogens with one attached hydrogen (secondary N) is 2. The zero-order valence-corrected chi connectivity index (χ0v) is 17.0. The number of hydrogen-bond acceptors (Lipinski definition) is 3. The molecule has 0 unspecified atom stereocenters. The van der Waals surface area contributed by atoms with E-state index in [0.717, 1.165) is 31.6 Å². The molecule has 2 aromatic rings. The Morgan fingerprint density at radius 3 is 2.55 bits per heavy atom. The van der Waals surface area contributed by atoms with Crippen molar-refractivity contribution in [1.29, 1.82) is 0 Å². The minimum absolute atomic E-state index is 0.0195. The van der Waals surface area contributed by atoms with E-state index in [2.05, 4.69) is 34.6 Å². The van der Waals surface area contributed by atoms with Crippen molar-refractivity contribution in [2.45, 2.75) is 26.7 Å². The van der Waals surface area contributed by atoms with E-state index in [9.17, 15) is 14.0 Å². The maximum Gasteiger partial charge on any atom is 0.253 e. The summed E-state index contributed by atoms with van der Waals surface area (Å²) in [7, 11) is 0. The molecule has 154 valence electrons. The highest BCUT2D eigenvalue weighted by Gasteiger charge is 2.39. The highest BCUT2D eigenvalue weighted by Crippen LogP contribution is 2.38. The van der Waals surface area contributed by atoms with Crippen molar-refractivity contribution < 1.29 is 14.0 Å². The van der Waals surface area contributed by atoms with Crippen molar-refractivity contribution in [1.82, 2.24) is 5.32 Å². The predicted molar refractivity (Wildman–Crippen MR) is 114 cm³/mol. The van der Waals surface area contributed by atoms with E-state index in [1.807, 2.05) is 25.1 Å². The van der Waals surface area contributed by atoms with E-state index >= 15 is 0 Å². The summed E-state index contributed by atoms with van der Waals surface area (Å²) in [5.74, 6) is -0.659. The van der Waals surface area contributed by atoms with Crippen LogP contribution in [0.15, 0.2) is 48.5 Å². The molecule has 0 saturated heterocycles. The second kappa shape index (κ2) is 9.54. The summed E-state index contributed by atoms with van der Waals surface area (Å²) in [5, 5.41) is 5.62. The number of rotatable bonds is 9. The summed E-state index contributed by atoms with van der Waals surface area (Å²) in [6, 6.07) is 14.0. The maximum atomic E-state index is 13.7. The van der Waals surface area contributed by atoms with Gasteiger partial charge < -0.3 is 15.5 Å². The highest BCUT2D eigenvalue weighted by molar-refractivity contribution is 6.04. The van der Waals surface area contributed by atoms with Gasteiger partial charge >= 0.3 is 0 Å². The van der Waals surface area contributed by atoms with Gasteiger partial charge in [0.25, 0.3) is 5.91 Å². The smallest absolute Gasteiger partial charge is 0.253 e. The van der Waals surface area contributed by atoms with Crippen LogP contribution in [0.4, 0.5) is 15.8 Å². The molecule has 2 amide bonds. The van der Waals surface area contributed by atoms with Crippen molar-refractivity contribution in [2.24, 2.45) is 11.8 Å². The number of carbonyl (C=O) groups is 2. The molecule has 1 aliphatic carbocycles. The molecular weight excluding hydrogens is 369 g/mol. The average Bonchev–Trinajstić information content (AvgIpc) is 3.46. The lowest BCUT2D eigenvalue weighted by atomic mass is 10.1. The number of amides is 2. The Hall–Kier alpha value is -2.89. The van der Waals surface area contributed by atoms with Crippen LogP contribution >= 0.6 is 0 Å². The zero-order valence-electron chi connectivity index (χ0n) is 17.0. The number of anilines is 2. The van der Waals surface area contributed by atoms with Crippen LogP contribution in [0.3, 0.4) is 0 Å². The van der Waals surface area contributed by atoms with E-state index in [4.69, 9.17) is 0 Å². The quantitative estimate of drug-likeness (QED) is 0.627. The number of halogens is 1. The minimum atomic E-state index is -0.505. The number of nitrogens with zero attached hydrogens (tertiary/aromatic N) is 1. The zero-order chi connectivity index (χ0) is 20.8. The molecular formula is C23H28FN3O2. The first kappa shape index (κ1) is 20.8. The molecule has 1 aliphatic rings. The van der Waals surface area contributed by atoms with Gasteiger partial charge in [0.2, 0.25) is 5.91 Å². The van der Waals surface area contributed by atoms with Gasteiger partial charge in [-0.15, -0.1) is 0 Å². The first-order valence-corrected chi connectivity index (χ1v) is 10.2. The maximum absolute atomic E-state index is 13.7. The van der Waals surface area contributed by atoms with Crippen molar-refractivity contribution in [2.75, 3.05) is 29.9 Å². The first-order chi connectivity index (χ1) is 14.0. The number of para-hydroxylation sites is 1. The monoisotopic (exact) mass is 397 g/mol. The highest BCUT2D eigenvalue weighted by atomic mass is 19.1. The minimum Gasteiger partial charge on any atom is -0.372 e. The lowest BCUT2D eigenvalue weighted by Crippen LogP contribution is -2.30. The fourth-order valence-corrected chi connectivity index (χ4v) is 3.40. The molecule has 0 spiro atoms. The second-order valence-corrected chi connectivity index (χ2v) is 7.52. The molecule has 6 heteroatoms. The molecule has 5 nitrogen and oxygen atoms in total. The molecule has 0 aromatic heterocycles. The molecule has 1 fully saturated rings. The Bertz CT molecular complexity index is 856. The van der Waals surface area contributed by atoms with E-state index in [-0.39, 0.29) is 23.3 Å². The molecule has 0 bridgehead atoms. The Balaban J connectivity index is 1.54. The largest absolute Gasteiger partial charge is 0.372 e. The van der Waals surface area contributed by atoms with E-state index in [0.29, 0.717) is 18.2 Å². The van der Waals surface area contributed by atoms with Gasteiger partial charge in [-0.05, 0) is 56.0 Å². The summed E-state index contributed by atoms with van der Waals surface area (Å²) in [4.78, 5) is 27.0. The fourth-order valence-electron chi connectivity index (χ4n) is 3.40. The van der Waals surface area contributed by atoms with Crippen molar-refractivity contribution in [3.05, 3.63) is 59.9 Å². The van der Waals surface area contributed by atoms with Crippen molar-refractivity contribution >= 4 is 23.2 Å². The van der Waals surface area contributed by atoms with Crippen LogP contribution in [0.2, 0.25) is 0 Å². The van der Waals surface area contributed by atoms with Crippen LogP contribution in [-0.4, -0.2) is 31.4 Å². The third kappa shape index (κ3) is 5.56. The normalized spacial score (nSPS) is 17.5. The van der Waals surface area contributed by atoms with Crippen molar-refractivity contribution in [3.63, 3.8) is 0 Å². The Kier molecular flexibility index (Phi) is 6.86. The van der Waals surface area contributed by atoms with Crippen LogP contribution < -0.4 is 15.5 Å². The molecule has 2 atom stereocenters. The summed E-state index contributed by atoms with van der Waals surface area (Å²) >= 11 is 0. The third-order valence-electron chi connectivity index (χ3n) is 5.32. The van der Waals surface area contributed by atoms with E-state index in [1.54, 1.807) is 0 Å². The fraction of sp³-hybridized carbons (Fsp3) is 0.391. The Morgan fingerprint density at radius 2 is 1.90 bits per heavy atom. The van der Waals surface area contributed by atoms with Gasteiger partial charge in [-0.1, -0.05) is 25.1 Å². The third-order valence-corrected chi connectivity index (χ3v) is 5.32. The molecule has 2 aromatic carbocycles. The molecule has 3 rings (SSSR count). The molecule has 0 aliphatic heterocycles. The number of hydrogen-bond donors (Lipinski definition) is 2. The van der Waals surface area contributed by atoms with Crippen LogP contribution in [0.1, 0.15) is 37.0 Å². The number of carbonyl (C=O) groups excluding carboxylic acids is 2. The van der Waals surface area contributed by atoms with Gasteiger partial charge in [-0.3, -0.25) is 9.59 Å². The second-order valence-electron chi connectivity index (χ2n) is 7.52. The summed E-state index contributed by atoms with van der Waals surface area (Å²) < 4.78 is 13.7. The molecule has 29 heavy (non-hydrogen) atoms. The lowest BCUT2D eigenvalue weighted by molar-refractivity contribution is -0.117. The Labute approximate surface area is 171 Å². The van der Waals surface area contributed by atoms with Crippen LogP contribution in [0, 0.1) is 17.7 Å². The van der Waals surface area contributed by atoms with Gasteiger partial charge in [0.05, 0.1) is 11.3 Å². The van der Waals surface area contributed by atoms with Gasteiger partial charge in [0, 0.05) is 31.2 Å². The van der Waals surface area contributed by atoms with E-state index in [1.165, 1.54) is 18.2 Å². The number of benzene rings is 2. The Morgan fingerprint density at radius 1 is 1.17 bits per heavy atom. The molecule has 0 heterocycles. The van der Waals surface area contributed by atoms with Crippen molar-refractivity contribution in [3.8, 4) is 0 Å². The summed E-state index contributed by atoms with van der Waals surface area (Å²) in [6.45, 7) is 6.24. The van der Waals surface area contributed by atoms with Gasteiger partial charge in [-0.2, -0.15) is 0 Å². The molecule has 1 saturated carbocycles. The predicted octanol–water partition coefficient (Wildman–Crippen LogP) is 4.07. The lowest BCUT2D eigenvalue weighted by Gasteiger charge is -2.23. The van der Waals surface area contributed by atoms with Crippen LogP contribution in [0.5, 0.6) is 0 Å². The molecule has 2 N–H and O–H groups in total. The average molecular weight is 397 g/mol. The standard InChI is InChI=1S/C23H28FN3O2/c1-3-27(18-8-5-4-6-9-18)13-7-12-25-22(28)20-15-17(24)10-11-21(20)26-23(29)19-14-16(19)2/h4-6,8-11,15-16,19H,3,7,12-14H2,1-2H3,(H,25,28)(H,26,29)/t16-,19-/m1/s1. The van der Waals surface area contributed by atoms with Gasteiger partial charge in [0.15, 0.2) is 0 Å². The van der Waals surface area contributed by atoms with Gasteiger partial charge in [0.1, 0.15) is 5.82 Å². The summed E-state index contributed by atoms with van der Waals surface area (Å²) in [5.41, 5.74) is 1.65. The van der Waals surface area contributed by atoms with E-state index < -0.39 is 5.82 Å². The first-order valence-electron chi connectivity index (χ1n) is 10.2. The van der Waals surface area contributed by atoms with Crippen LogP contribution in [-0.2, 0) is 4.79 Å². The topological polar surface area (TPSA) is 61.4 Å². The van der Waals surface area contributed by atoms with Crippen LogP contribution in [0.25, 0.3) is 0 Å². The SMILES string of the molecule is CCN(CCCNC(=O)c1cc(F)ccc1NC(=O)[C@@H]1C[C@H]1C)c1ccccc1.